The van der Waals surface area contributed by atoms with Gasteiger partial charge in [-0.2, -0.15) is 0 Å². The van der Waals surface area contributed by atoms with Gasteiger partial charge in [0.25, 0.3) is 0 Å². The highest BCUT2D eigenvalue weighted by Crippen LogP contribution is 2.23. The molecule has 1 atom stereocenters. The minimum absolute atomic E-state index is 0.536. The lowest BCUT2D eigenvalue weighted by atomic mass is 10.2. The van der Waals surface area contributed by atoms with Crippen LogP contribution in [0, 0.1) is 0 Å². The zero-order chi connectivity index (χ0) is 12.0. The normalized spacial score (nSPS) is 12.5. The first-order chi connectivity index (χ1) is 7.67. The monoisotopic (exact) mass is 285 g/mol. The van der Waals surface area contributed by atoms with E-state index in [9.17, 15) is 0 Å². The Bertz CT molecular complexity index is 328. The van der Waals surface area contributed by atoms with Gasteiger partial charge in [0.15, 0.2) is 0 Å². The summed E-state index contributed by atoms with van der Waals surface area (Å²) in [4.78, 5) is 0. The molecule has 0 fully saturated rings. The lowest BCUT2D eigenvalue weighted by Gasteiger charge is -2.14. The van der Waals surface area contributed by atoms with Gasteiger partial charge in [0.1, 0.15) is 5.75 Å². The van der Waals surface area contributed by atoms with Gasteiger partial charge in [0.2, 0.25) is 0 Å². The smallest absolute Gasteiger partial charge is 0.123 e. The molecular formula is C13H20BrNO. The molecule has 0 aliphatic carbocycles. The van der Waals surface area contributed by atoms with Crippen molar-refractivity contribution in [3.05, 3.63) is 28.2 Å². The van der Waals surface area contributed by atoms with E-state index in [2.05, 4.69) is 41.2 Å². The number of rotatable bonds is 6. The first-order valence-corrected chi connectivity index (χ1v) is 6.61. The van der Waals surface area contributed by atoms with Crippen LogP contribution in [0.15, 0.2) is 22.7 Å². The molecule has 90 valence electrons. The average molecular weight is 286 g/mol. The fraction of sp³-hybridized carbons (Fsp3) is 0.538. The van der Waals surface area contributed by atoms with Crippen LogP contribution in [0.25, 0.3) is 0 Å². The van der Waals surface area contributed by atoms with Crippen LogP contribution in [0.4, 0.5) is 0 Å². The van der Waals surface area contributed by atoms with Crippen molar-refractivity contribution in [2.75, 3.05) is 6.61 Å². The molecule has 1 N–H and O–H groups in total. The second-order valence-electron chi connectivity index (χ2n) is 3.88. The zero-order valence-electron chi connectivity index (χ0n) is 10.2. The van der Waals surface area contributed by atoms with Gasteiger partial charge in [-0.15, -0.1) is 0 Å². The summed E-state index contributed by atoms with van der Waals surface area (Å²) in [6.07, 6.45) is 1.14. The van der Waals surface area contributed by atoms with Crippen molar-refractivity contribution in [3.8, 4) is 5.75 Å². The van der Waals surface area contributed by atoms with Gasteiger partial charge >= 0.3 is 0 Å². The van der Waals surface area contributed by atoms with Crippen molar-refractivity contribution >= 4 is 15.9 Å². The van der Waals surface area contributed by atoms with Crippen LogP contribution in [0.5, 0.6) is 5.75 Å². The van der Waals surface area contributed by atoms with Crippen molar-refractivity contribution in [3.63, 3.8) is 0 Å². The Balaban J connectivity index is 2.71. The standard InChI is InChI=1S/C13H20BrNO/c1-4-10(3)15-9-11-8-12(14)6-7-13(11)16-5-2/h6-8,10,15H,4-5,9H2,1-3H3/t10-/m1/s1. The Morgan fingerprint density at radius 1 is 1.38 bits per heavy atom. The Hall–Kier alpha value is -0.540. The molecule has 0 spiro atoms. The number of nitrogens with one attached hydrogen (secondary N) is 1. The summed E-state index contributed by atoms with van der Waals surface area (Å²) in [6.45, 7) is 7.94. The third-order valence-electron chi connectivity index (χ3n) is 2.58. The number of ether oxygens (including phenoxy) is 1. The maximum atomic E-state index is 5.60. The molecule has 0 saturated heterocycles. The molecule has 1 rings (SSSR count). The van der Waals surface area contributed by atoms with E-state index in [-0.39, 0.29) is 0 Å². The van der Waals surface area contributed by atoms with Crippen molar-refractivity contribution in [2.45, 2.75) is 39.8 Å². The Morgan fingerprint density at radius 2 is 2.12 bits per heavy atom. The molecule has 0 unspecified atom stereocenters. The fourth-order valence-electron chi connectivity index (χ4n) is 1.41. The largest absolute Gasteiger partial charge is 0.494 e. The minimum Gasteiger partial charge on any atom is -0.494 e. The second kappa shape index (κ2) is 6.92. The van der Waals surface area contributed by atoms with E-state index in [0.717, 1.165) is 23.2 Å². The summed E-state index contributed by atoms with van der Waals surface area (Å²) in [5, 5.41) is 3.47. The number of benzene rings is 1. The molecular weight excluding hydrogens is 266 g/mol. The maximum Gasteiger partial charge on any atom is 0.123 e. The molecule has 0 heterocycles. The lowest BCUT2D eigenvalue weighted by Crippen LogP contribution is -2.24. The SMILES string of the molecule is CCOc1ccc(Br)cc1CN[C@H](C)CC. The van der Waals surface area contributed by atoms with Crippen LogP contribution < -0.4 is 10.1 Å². The Labute approximate surface area is 107 Å². The summed E-state index contributed by atoms with van der Waals surface area (Å²) < 4.78 is 6.69. The highest BCUT2D eigenvalue weighted by Gasteiger charge is 2.05. The fourth-order valence-corrected chi connectivity index (χ4v) is 1.82. The highest BCUT2D eigenvalue weighted by atomic mass is 79.9. The van der Waals surface area contributed by atoms with E-state index < -0.39 is 0 Å². The third-order valence-corrected chi connectivity index (χ3v) is 3.07. The van der Waals surface area contributed by atoms with Gasteiger partial charge in [-0.05, 0) is 38.5 Å². The number of hydrogen-bond acceptors (Lipinski definition) is 2. The minimum atomic E-state index is 0.536. The maximum absolute atomic E-state index is 5.60. The first-order valence-electron chi connectivity index (χ1n) is 5.82. The van der Waals surface area contributed by atoms with Gasteiger partial charge in [0, 0.05) is 22.6 Å². The van der Waals surface area contributed by atoms with Crippen molar-refractivity contribution < 1.29 is 4.74 Å². The van der Waals surface area contributed by atoms with Crippen molar-refractivity contribution in [2.24, 2.45) is 0 Å². The van der Waals surface area contributed by atoms with E-state index in [1.807, 2.05) is 19.1 Å². The molecule has 0 aliphatic rings. The predicted molar refractivity (Wildman–Crippen MR) is 71.9 cm³/mol. The Morgan fingerprint density at radius 3 is 2.75 bits per heavy atom. The molecule has 3 heteroatoms. The number of hydrogen-bond donors (Lipinski definition) is 1. The van der Waals surface area contributed by atoms with Crippen molar-refractivity contribution in [1.82, 2.24) is 5.32 Å². The second-order valence-corrected chi connectivity index (χ2v) is 4.79. The molecule has 1 aromatic rings. The van der Waals surface area contributed by atoms with E-state index >= 15 is 0 Å². The highest BCUT2D eigenvalue weighted by molar-refractivity contribution is 9.10. The van der Waals surface area contributed by atoms with Crippen LogP contribution in [0.3, 0.4) is 0 Å². The first kappa shape index (κ1) is 13.5. The van der Waals surface area contributed by atoms with E-state index in [4.69, 9.17) is 4.74 Å². The number of halogens is 1. The zero-order valence-corrected chi connectivity index (χ0v) is 11.8. The van der Waals surface area contributed by atoms with Gasteiger partial charge in [-0.25, -0.2) is 0 Å². The van der Waals surface area contributed by atoms with E-state index in [1.54, 1.807) is 0 Å². The quantitative estimate of drug-likeness (QED) is 0.860. The van der Waals surface area contributed by atoms with Crippen LogP contribution >= 0.6 is 15.9 Å². The van der Waals surface area contributed by atoms with Gasteiger partial charge in [0.05, 0.1) is 6.61 Å². The summed E-state index contributed by atoms with van der Waals surface area (Å²) >= 11 is 3.49. The molecule has 0 amide bonds. The molecule has 0 aromatic heterocycles. The summed E-state index contributed by atoms with van der Waals surface area (Å²) in [5.74, 6) is 0.974. The molecule has 0 bridgehead atoms. The molecule has 0 saturated carbocycles. The molecule has 0 radical (unpaired) electrons. The topological polar surface area (TPSA) is 21.3 Å². The van der Waals surface area contributed by atoms with Crippen LogP contribution in [-0.2, 0) is 6.54 Å². The van der Waals surface area contributed by atoms with Gasteiger partial charge in [-0.1, -0.05) is 22.9 Å². The summed E-state index contributed by atoms with van der Waals surface area (Å²) in [7, 11) is 0. The average Bonchev–Trinajstić information content (AvgIpc) is 2.29. The van der Waals surface area contributed by atoms with E-state index in [1.165, 1.54) is 5.56 Å². The lowest BCUT2D eigenvalue weighted by molar-refractivity contribution is 0.334. The molecule has 0 aliphatic heterocycles. The molecule has 1 aromatic carbocycles. The van der Waals surface area contributed by atoms with Crippen LogP contribution in [0.2, 0.25) is 0 Å². The van der Waals surface area contributed by atoms with E-state index in [0.29, 0.717) is 12.6 Å². The van der Waals surface area contributed by atoms with Gasteiger partial charge < -0.3 is 10.1 Å². The van der Waals surface area contributed by atoms with Crippen LogP contribution in [-0.4, -0.2) is 12.6 Å². The molecule has 16 heavy (non-hydrogen) atoms. The molecule has 2 nitrogen and oxygen atoms in total. The van der Waals surface area contributed by atoms with Crippen molar-refractivity contribution in [1.29, 1.82) is 0 Å². The summed E-state index contributed by atoms with van der Waals surface area (Å²) in [6, 6.07) is 6.67. The third kappa shape index (κ3) is 4.14. The Kier molecular flexibility index (Phi) is 5.85. The van der Waals surface area contributed by atoms with Gasteiger partial charge in [-0.3, -0.25) is 0 Å². The van der Waals surface area contributed by atoms with Crippen LogP contribution in [0.1, 0.15) is 32.8 Å². The summed E-state index contributed by atoms with van der Waals surface area (Å²) in [5.41, 5.74) is 1.21. The predicted octanol–water partition coefficient (Wildman–Crippen LogP) is 3.74.